The number of hydrogen-bond acceptors (Lipinski definition) is 15. The molecule has 0 spiro atoms. The summed E-state index contributed by atoms with van der Waals surface area (Å²) in [6.07, 6.45) is 6.28. The quantitative estimate of drug-likeness (QED) is 0.0583. The second-order valence-electron chi connectivity index (χ2n) is 28.6. The molecule has 10 rings (SSSR count). The Hall–Kier alpha value is -8.30. The van der Waals surface area contributed by atoms with E-state index in [1.807, 2.05) is 107 Å². The monoisotopic (exact) mass is 1430 g/mol. The molecule has 0 saturated heterocycles. The number of nitriles is 1. The number of benzene rings is 3. The molecular formula is C77H93Cl3N12O5Si2. The zero-order valence-electron chi connectivity index (χ0n) is 58.8. The van der Waals surface area contributed by atoms with E-state index in [1.54, 1.807) is 36.8 Å². The summed E-state index contributed by atoms with van der Waals surface area (Å²) in [6, 6.07) is 39.4. The zero-order valence-corrected chi connectivity index (χ0v) is 63.0. The Morgan fingerprint density at radius 3 is 1.39 bits per heavy atom. The minimum absolute atomic E-state index is 0. The molecule has 17 nitrogen and oxygen atoms in total. The molecule has 0 unspecified atom stereocenters. The van der Waals surface area contributed by atoms with Crippen molar-refractivity contribution < 1.29 is 23.2 Å². The lowest BCUT2D eigenvalue weighted by Crippen LogP contribution is -2.40. The molecular weight excluding hydrogens is 1340 g/mol. The number of rotatable bonds is 18. The fourth-order valence-corrected chi connectivity index (χ4v) is 12.5. The molecule has 0 atom stereocenters. The van der Waals surface area contributed by atoms with Gasteiger partial charge in [0, 0.05) is 95.4 Å². The third-order valence-corrected chi connectivity index (χ3v) is 26.9. The minimum Gasteiger partial charge on any atom is -0.444 e. The van der Waals surface area contributed by atoms with E-state index in [2.05, 4.69) is 139 Å². The van der Waals surface area contributed by atoms with Crippen molar-refractivity contribution in [3.05, 3.63) is 233 Å². The van der Waals surface area contributed by atoms with E-state index in [1.165, 1.54) is 0 Å². The molecule has 3 aromatic carbocycles. The van der Waals surface area contributed by atoms with Gasteiger partial charge in [0.15, 0.2) is 16.6 Å². The third kappa shape index (κ3) is 22.6. The molecule has 0 aliphatic carbocycles. The number of aromatic nitrogens is 7. The maximum atomic E-state index is 12.9. The van der Waals surface area contributed by atoms with Gasteiger partial charge in [0.25, 0.3) is 5.91 Å². The van der Waals surface area contributed by atoms with Gasteiger partial charge in [0.1, 0.15) is 23.2 Å². The lowest BCUT2D eigenvalue weighted by molar-refractivity contribution is 0.0522. The summed E-state index contributed by atoms with van der Waals surface area (Å²) in [6.45, 7) is 33.5. The summed E-state index contributed by atoms with van der Waals surface area (Å²) < 4.78 is 18.2. The number of ether oxygens (including phenoxy) is 1. The molecule has 0 radical (unpaired) electrons. The fraction of sp³-hybridized carbons (Fsp3) is 0.351. The van der Waals surface area contributed by atoms with Gasteiger partial charge in [0.05, 0.1) is 62.8 Å². The van der Waals surface area contributed by atoms with E-state index in [0.717, 1.165) is 100 Å². The molecule has 0 bridgehead atoms. The molecule has 0 fully saturated rings. The van der Waals surface area contributed by atoms with Gasteiger partial charge in [-0.05, 0) is 207 Å². The Morgan fingerprint density at radius 2 is 0.960 bits per heavy atom. The lowest BCUT2D eigenvalue weighted by Gasteiger charge is -2.36. The summed E-state index contributed by atoms with van der Waals surface area (Å²) in [5.41, 5.74) is 26.7. The number of carbonyl (C=O) groups excluding carboxylic acids is 2. The van der Waals surface area contributed by atoms with Gasteiger partial charge < -0.3 is 35.7 Å². The Balaban J connectivity index is 0.000000209. The van der Waals surface area contributed by atoms with Crippen LogP contribution >= 0.6 is 34.8 Å². The highest BCUT2D eigenvalue weighted by Gasteiger charge is 2.38. The number of anilines is 1. The topological polar surface area (TPSA) is 252 Å². The van der Waals surface area contributed by atoms with Crippen LogP contribution in [0.5, 0.6) is 0 Å². The molecule has 10 aromatic rings. The summed E-state index contributed by atoms with van der Waals surface area (Å²) in [4.78, 5) is 56.4. The number of amides is 2. The number of alkyl carbamates (subject to hydrolysis) is 1. The Labute approximate surface area is 600 Å². The van der Waals surface area contributed by atoms with Gasteiger partial charge >= 0.3 is 6.09 Å². The predicted octanol–water partition coefficient (Wildman–Crippen LogP) is 18.2. The molecule has 6 N–H and O–H groups in total. The summed E-state index contributed by atoms with van der Waals surface area (Å²) in [5, 5.41) is 20.2. The van der Waals surface area contributed by atoms with Crippen LogP contribution in [0.1, 0.15) is 159 Å². The lowest BCUT2D eigenvalue weighted by atomic mass is 10.0. The van der Waals surface area contributed by atoms with Gasteiger partial charge in [-0.15, -0.1) is 0 Å². The molecule has 7 heterocycles. The number of halogens is 3. The summed E-state index contributed by atoms with van der Waals surface area (Å²) >= 11 is 18.3. The molecule has 0 aliphatic heterocycles. The third-order valence-electron chi connectivity index (χ3n) is 17.4. The second kappa shape index (κ2) is 33.2. The first kappa shape index (κ1) is 78.0. The average Bonchev–Trinajstić information content (AvgIpc) is 0.828. The van der Waals surface area contributed by atoms with Gasteiger partial charge in [-0.1, -0.05) is 102 Å². The number of nitrogens with zero attached hydrogens (tertiary/aromatic N) is 8. The van der Waals surface area contributed by atoms with Gasteiger partial charge in [0.2, 0.25) is 0 Å². The van der Waals surface area contributed by atoms with Crippen molar-refractivity contribution in [2.45, 2.75) is 178 Å². The van der Waals surface area contributed by atoms with Crippen LogP contribution in [0.4, 0.5) is 10.6 Å². The van der Waals surface area contributed by atoms with Crippen molar-refractivity contribution in [3.8, 4) is 6.07 Å². The molecule has 2 amide bonds. The number of nitrogens with one attached hydrogen (secondary N) is 2. The van der Waals surface area contributed by atoms with Gasteiger partial charge in [-0.2, -0.15) is 5.26 Å². The first-order chi connectivity index (χ1) is 46.0. The molecule has 7 aromatic heterocycles. The largest absolute Gasteiger partial charge is 0.444 e. The highest BCUT2D eigenvalue weighted by molar-refractivity contribution is 6.74. The van der Waals surface area contributed by atoms with Crippen LogP contribution in [0.25, 0.3) is 32.7 Å². The molecule has 99 heavy (non-hydrogen) atoms. The molecule has 0 saturated carbocycles. The molecule has 22 heteroatoms. The van der Waals surface area contributed by atoms with Crippen LogP contribution in [-0.2, 0) is 65.7 Å². The van der Waals surface area contributed by atoms with E-state index in [9.17, 15) is 14.9 Å². The first-order valence-corrected chi connectivity index (χ1v) is 39.4. The van der Waals surface area contributed by atoms with Crippen LogP contribution in [0, 0.1) is 25.2 Å². The first-order valence-electron chi connectivity index (χ1n) is 32.5. The van der Waals surface area contributed by atoms with E-state index in [-0.39, 0.29) is 36.5 Å². The summed E-state index contributed by atoms with van der Waals surface area (Å²) in [7, 11) is -3.79. The highest BCUT2D eigenvalue weighted by atomic mass is 35.5. The van der Waals surface area contributed by atoms with Crippen molar-refractivity contribution in [2.24, 2.45) is 5.73 Å². The van der Waals surface area contributed by atoms with Gasteiger partial charge in [-0.25, -0.2) is 14.8 Å². The Morgan fingerprint density at radius 1 is 0.535 bits per heavy atom. The van der Waals surface area contributed by atoms with Crippen LogP contribution in [0.3, 0.4) is 0 Å². The summed E-state index contributed by atoms with van der Waals surface area (Å²) in [5.74, 6) is 0.275. The van der Waals surface area contributed by atoms with E-state index in [0.29, 0.717) is 76.9 Å². The minimum atomic E-state index is -1.93. The fourth-order valence-electron chi connectivity index (χ4n) is 10.1. The van der Waals surface area contributed by atoms with Crippen molar-refractivity contribution in [3.63, 3.8) is 0 Å². The number of nitrogen functional groups attached to an aromatic ring is 1. The van der Waals surface area contributed by atoms with Crippen LogP contribution < -0.4 is 22.1 Å². The molecule has 520 valence electrons. The van der Waals surface area contributed by atoms with Gasteiger partial charge in [-0.3, -0.25) is 29.7 Å². The van der Waals surface area contributed by atoms with Crippen molar-refractivity contribution in [1.82, 2.24) is 45.5 Å². The average molecular weight is 1430 g/mol. The van der Waals surface area contributed by atoms with E-state index in [4.69, 9.17) is 64.8 Å². The predicted molar refractivity (Wildman–Crippen MR) is 407 cm³/mol. The normalized spacial score (nSPS) is 11.8. The number of pyridine rings is 7. The molecule has 0 aliphatic rings. The van der Waals surface area contributed by atoms with E-state index < -0.39 is 28.3 Å². The second-order valence-corrected chi connectivity index (χ2v) is 39.5. The van der Waals surface area contributed by atoms with E-state index >= 15 is 0 Å². The van der Waals surface area contributed by atoms with Crippen LogP contribution in [0.15, 0.2) is 134 Å². The Bertz CT molecular complexity index is 4560. The number of fused-ring (bicyclic) bond motifs is 3. The number of aryl methyl sites for hydroxylation is 2. The van der Waals surface area contributed by atoms with Crippen LogP contribution in [-0.4, -0.2) is 69.1 Å². The van der Waals surface area contributed by atoms with Crippen molar-refractivity contribution in [2.75, 3.05) is 5.73 Å². The highest BCUT2D eigenvalue weighted by Crippen LogP contribution is 2.39. The van der Waals surface area contributed by atoms with Crippen LogP contribution in [0.2, 0.25) is 51.3 Å². The maximum absolute atomic E-state index is 12.9. The number of hydrogen-bond donors (Lipinski definition) is 4. The van der Waals surface area contributed by atoms with Crippen molar-refractivity contribution in [1.29, 1.82) is 5.26 Å². The van der Waals surface area contributed by atoms with Crippen molar-refractivity contribution >= 4 is 102 Å². The smallest absolute Gasteiger partial charge is 0.407 e. The number of carbonyl (C=O) groups is 2. The maximum Gasteiger partial charge on any atom is 0.407 e. The SMILES string of the molecule is C.CC(C)(C)OC(=O)NCc1cc(CO[Si](C)(C)C(C)(C)C)cc(Cc2ccc3ncc(Cl)cc3c2)n1.CC(C)(C)[Si](C)(C)OCc1cc(C#N)nc(Cc2ccc3ncc(Cl)cc3c2)c1.Cc1cc(N)nc(C)c1CNC(=O)c1cc(CN)nc(Cc2ccc3ncc(Cl)cc3c2)c1. The standard InChI is InChI=1S/C28H38ClN3O3Si.C25H25ClN6O.C23H26ClN3OSi.CH4/c1-27(2,3)35-26(33)31-17-24-14-20(18-34-36(7,8)28(4,5)6)13-23(32-24)12-19-9-10-25-21(11-19)15-22(29)16-30-25;1-14-5-24(28)31-15(2)22(14)13-30-25(33)18-9-20(32-21(10-18)11-27)7-16-3-4-23-17(6-16)8-19(26)12-29-23;1-23(2,3)29(4,5)28-15-17-10-20(27-21(11-17)13-25)9-16-6-7-22-18(8-16)12-19(24)14-26-22;/h9-11,13-16H,12,17-18H2,1-8H3,(H,31,33);3-6,8-10,12H,7,11,13,27H2,1-2H3,(H2,28,31)(H,30,33);6-8,10-12,14H,9,15H2,1-5H3;1H4. The number of nitrogens with two attached hydrogens (primary N) is 2. The zero-order chi connectivity index (χ0) is 71.5. The Kier molecular flexibility index (Phi) is 26.2.